The second-order valence-electron chi connectivity index (χ2n) is 5.34. The van der Waals surface area contributed by atoms with E-state index in [0.29, 0.717) is 5.56 Å². The summed E-state index contributed by atoms with van der Waals surface area (Å²) in [6.07, 6.45) is 0. The van der Waals surface area contributed by atoms with Gasteiger partial charge in [0.15, 0.2) is 6.61 Å². The molecule has 0 spiro atoms. The fourth-order valence-corrected chi connectivity index (χ4v) is 2.33. The molecule has 1 heterocycles. The van der Waals surface area contributed by atoms with Crippen LogP contribution in [-0.4, -0.2) is 31.6 Å². The minimum absolute atomic E-state index is 0.0901. The first-order valence-corrected chi connectivity index (χ1v) is 7.59. The number of hydrogen-bond donors (Lipinski definition) is 1. The number of carbonyl (C=O) groups excluding carboxylic acids is 3. The van der Waals surface area contributed by atoms with Gasteiger partial charge in [-0.05, 0) is 31.5 Å². The number of nitrogens with one attached hydrogen (secondary N) is 1. The van der Waals surface area contributed by atoms with Gasteiger partial charge in [0.05, 0.1) is 18.4 Å². The van der Waals surface area contributed by atoms with Crippen LogP contribution in [0.15, 0.2) is 39.5 Å². The molecule has 0 saturated heterocycles. The van der Waals surface area contributed by atoms with Crippen LogP contribution in [0.2, 0.25) is 0 Å². The van der Waals surface area contributed by atoms with Crippen LogP contribution in [-0.2, 0) is 14.3 Å². The monoisotopic (exact) mass is 359 g/mol. The van der Waals surface area contributed by atoms with Gasteiger partial charge in [-0.1, -0.05) is 12.1 Å². The molecule has 1 amide bonds. The van der Waals surface area contributed by atoms with Crippen molar-refractivity contribution in [1.29, 1.82) is 0 Å². The molecule has 0 aliphatic heterocycles. The molecule has 1 aromatic carbocycles. The number of benzene rings is 1. The third-order valence-corrected chi connectivity index (χ3v) is 3.48. The number of hydrogen-bond acceptors (Lipinski definition) is 7. The van der Waals surface area contributed by atoms with Gasteiger partial charge in [-0.25, -0.2) is 14.4 Å². The Hall–Kier alpha value is -3.42. The summed E-state index contributed by atoms with van der Waals surface area (Å²) < 4.78 is 14.5. The Morgan fingerprint density at radius 3 is 2.46 bits per heavy atom. The smallest absolute Gasteiger partial charge is 0.342 e. The molecule has 0 unspecified atom stereocenters. The lowest BCUT2D eigenvalue weighted by atomic mass is 10.1. The van der Waals surface area contributed by atoms with E-state index in [-0.39, 0.29) is 22.6 Å². The second kappa shape index (κ2) is 8.11. The van der Waals surface area contributed by atoms with Crippen molar-refractivity contribution in [3.63, 3.8) is 0 Å². The molecule has 0 saturated carbocycles. The van der Waals surface area contributed by atoms with Gasteiger partial charge < -0.3 is 19.2 Å². The molecule has 136 valence electrons. The summed E-state index contributed by atoms with van der Waals surface area (Å²) in [5, 5.41) is 2.48. The Kier molecular flexibility index (Phi) is 5.90. The summed E-state index contributed by atoms with van der Waals surface area (Å²) in [4.78, 5) is 47.1. The van der Waals surface area contributed by atoms with E-state index in [4.69, 9.17) is 9.15 Å². The molecule has 1 aromatic heterocycles. The molecule has 1 N–H and O–H groups in total. The van der Waals surface area contributed by atoms with E-state index < -0.39 is 30.1 Å². The topological polar surface area (TPSA) is 112 Å². The molecule has 2 aromatic rings. The molecule has 0 bridgehead atoms. The molecule has 26 heavy (non-hydrogen) atoms. The van der Waals surface area contributed by atoms with Crippen LogP contribution in [0.3, 0.4) is 0 Å². The van der Waals surface area contributed by atoms with Crippen molar-refractivity contribution in [3.05, 3.63) is 63.2 Å². The van der Waals surface area contributed by atoms with Crippen LogP contribution in [0.1, 0.15) is 32.0 Å². The fraction of sp³-hybridized carbons (Fsp3) is 0.222. The van der Waals surface area contributed by atoms with Crippen LogP contribution in [0.5, 0.6) is 0 Å². The van der Waals surface area contributed by atoms with E-state index in [1.807, 2.05) is 0 Å². The highest BCUT2D eigenvalue weighted by Crippen LogP contribution is 2.16. The van der Waals surface area contributed by atoms with Crippen LogP contribution in [0, 0.1) is 13.8 Å². The third kappa shape index (κ3) is 4.35. The van der Waals surface area contributed by atoms with Gasteiger partial charge in [-0.15, -0.1) is 0 Å². The van der Waals surface area contributed by atoms with Crippen LogP contribution >= 0.6 is 0 Å². The maximum absolute atomic E-state index is 12.1. The molecule has 8 nitrogen and oxygen atoms in total. The number of rotatable bonds is 5. The Morgan fingerprint density at radius 1 is 1.12 bits per heavy atom. The summed E-state index contributed by atoms with van der Waals surface area (Å²) in [7, 11) is 1.23. The quantitative estimate of drug-likeness (QED) is 0.811. The number of aryl methyl sites for hydroxylation is 2. The summed E-state index contributed by atoms with van der Waals surface area (Å²) in [5.74, 6) is -1.93. The Bertz CT molecular complexity index is 888. The maximum Gasteiger partial charge on any atom is 0.342 e. The fourth-order valence-electron chi connectivity index (χ4n) is 2.33. The second-order valence-corrected chi connectivity index (χ2v) is 5.34. The molecule has 0 aliphatic rings. The minimum atomic E-state index is -0.792. The molecular weight excluding hydrogens is 342 g/mol. The number of methoxy groups -OCH3 is 1. The molecule has 2 rings (SSSR count). The Balaban J connectivity index is 2.05. The summed E-state index contributed by atoms with van der Waals surface area (Å²) in [6.45, 7) is 2.44. The SMILES string of the molecule is COC(=O)c1ccccc1NC(=O)COC(=O)c1c(C)cc(=O)oc1C. The number of anilines is 1. The molecule has 8 heteroatoms. The lowest BCUT2D eigenvalue weighted by molar-refractivity contribution is -0.119. The van der Waals surface area contributed by atoms with Crippen molar-refractivity contribution in [2.75, 3.05) is 19.0 Å². The predicted molar refractivity (Wildman–Crippen MR) is 91.1 cm³/mol. The highest BCUT2D eigenvalue weighted by molar-refractivity contribution is 6.02. The number of para-hydroxylation sites is 1. The van der Waals surface area contributed by atoms with Crippen LogP contribution < -0.4 is 10.9 Å². The third-order valence-electron chi connectivity index (χ3n) is 3.48. The standard InChI is InChI=1S/C18H17NO7/c1-10-8-15(21)26-11(2)16(10)18(23)25-9-14(20)19-13-7-5-4-6-12(13)17(22)24-3/h4-8H,9H2,1-3H3,(H,19,20). The van der Waals surface area contributed by atoms with E-state index in [9.17, 15) is 19.2 Å². The first kappa shape index (κ1) is 18.9. The first-order chi connectivity index (χ1) is 12.3. The van der Waals surface area contributed by atoms with Crippen LogP contribution in [0.4, 0.5) is 5.69 Å². The van der Waals surface area contributed by atoms with E-state index in [2.05, 4.69) is 10.1 Å². The van der Waals surface area contributed by atoms with Crippen molar-refractivity contribution in [2.45, 2.75) is 13.8 Å². The molecular formula is C18H17NO7. The first-order valence-electron chi connectivity index (χ1n) is 7.59. The molecule has 0 aliphatic carbocycles. The van der Waals surface area contributed by atoms with Gasteiger partial charge in [0.2, 0.25) is 0 Å². The van der Waals surface area contributed by atoms with E-state index in [1.54, 1.807) is 19.1 Å². The number of ether oxygens (including phenoxy) is 2. The summed E-state index contributed by atoms with van der Waals surface area (Å²) in [5.41, 5.74) is 0.311. The predicted octanol–water partition coefficient (Wildman–Crippen LogP) is 1.84. The van der Waals surface area contributed by atoms with Gasteiger partial charge in [0, 0.05) is 6.07 Å². The van der Waals surface area contributed by atoms with Crippen molar-refractivity contribution in [3.8, 4) is 0 Å². The minimum Gasteiger partial charge on any atom is -0.465 e. The van der Waals surface area contributed by atoms with Crippen LogP contribution in [0.25, 0.3) is 0 Å². The average molecular weight is 359 g/mol. The largest absolute Gasteiger partial charge is 0.465 e. The highest BCUT2D eigenvalue weighted by Gasteiger charge is 2.19. The van der Waals surface area contributed by atoms with Gasteiger partial charge in [-0.3, -0.25) is 4.79 Å². The normalized spacial score (nSPS) is 10.1. The van der Waals surface area contributed by atoms with E-state index in [1.165, 1.54) is 26.2 Å². The van der Waals surface area contributed by atoms with Gasteiger partial charge in [-0.2, -0.15) is 0 Å². The van der Waals surface area contributed by atoms with Gasteiger partial charge in [0.25, 0.3) is 5.91 Å². The highest BCUT2D eigenvalue weighted by atomic mass is 16.5. The Morgan fingerprint density at radius 2 is 1.81 bits per heavy atom. The lowest BCUT2D eigenvalue weighted by Crippen LogP contribution is -2.23. The van der Waals surface area contributed by atoms with Gasteiger partial charge >= 0.3 is 17.6 Å². The van der Waals surface area contributed by atoms with E-state index in [0.717, 1.165) is 6.07 Å². The van der Waals surface area contributed by atoms with Crippen molar-refractivity contribution >= 4 is 23.5 Å². The number of amides is 1. The zero-order valence-corrected chi connectivity index (χ0v) is 14.5. The molecule has 0 atom stereocenters. The summed E-state index contributed by atoms with van der Waals surface area (Å²) in [6, 6.07) is 7.43. The number of esters is 2. The van der Waals surface area contributed by atoms with Crippen molar-refractivity contribution in [2.24, 2.45) is 0 Å². The van der Waals surface area contributed by atoms with Crippen molar-refractivity contribution < 1.29 is 28.3 Å². The maximum atomic E-state index is 12.1. The summed E-state index contributed by atoms with van der Waals surface area (Å²) >= 11 is 0. The van der Waals surface area contributed by atoms with Gasteiger partial charge in [0.1, 0.15) is 11.3 Å². The zero-order valence-electron chi connectivity index (χ0n) is 14.5. The average Bonchev–Trinajstić information content (AvgIpc) is 2.59. The zero-order chi connectivity index (χ0) is 19.3. The molecule has 0 radical (unpaired) electrons. The lowest BCUT2D eigenvalue weighted by Gasteiger charge is -2.11. The molecule has 0 fully saturated rings. The van der Waals surface area contributed by atoms with Crippen molar-refractivity contribution in [1.82, 2.24) is 0 Å². The van der Waals surface area contributed by atoms with E-state index >= 15 is 0 Å². The Labute approximate surface area is 148 Å². The number of carbonyl (C=O) groups is 3.